The first-order valence-corrected chi connectivity index (χ1v) is 8.97. The lowest BCUT2D eigenvalue weighted by atomic mass is 9.92. The smallest absolute Gasteiger partial charge is 0.138 e. The topological polar surface area (TPSA) is 40.5 Å². The van der Waals surface area contributed by atoms with Gasteiger partial charge in [-0.3, -0.25) is 0 Å². The molecule has 118 valence electrons. The Bertz CT molecular complexity index is 1010. The van der Waals surface area contributed by atoms with Gasteiger partial charge in [0.1, 0.15) is 11.5 Å². The summed E-state index contributed by atoms with van der Waals surface area (Å²) in [7, 11) is 0. The number of phenolic OH excluding ortho intramolecular Hbond substituents is 2. The highest BCUT2D eigenvalue weighted by Crippen LogP contribution is 2.49. The first-order chi connectivity index (χ1) is 11.6. The molecule has 0 aliphatic carbocycles. The summed E-state index contributed by atoms with van der Waals surface area (Å²) in [4.78, 5) is 0. The molecule has 0 aliphatic heterocycles. The fourth-order valence-corrected chi connectivity index (χ4v) is 4.00. The van der Waals surface area contributed by atoms with Gasteiger partial charge >= 0.3 is 0 Å². The molecule has 0 aliphatic rings. The van der Waals surface area contributed by atoms with Crippen LogP contribution in [0.4, 0.5) is 0 Å². The van der Waals surface area contributed by atoms with Gasteiger partial charge in [0.25, 0.3) is 0 Å². The Kier molecular flexibility index (Phi) is 3.74. The molecule has 0 saturated carbocycles. The van der Waals surface area contributed by atoms with Crippen LogP contribution in [0.3, 0.4) is 0 Å². The van der Waals surface area contributed by atoms with Gasteiger partial charge in [-0.15, -0.1) is 0 Å². The van der Waals surface area contributed by atoms with E-state index in [1.807, 2.05) is 60.7 Å². The lowest BCUT2D eigenvalue weighted by molar-refractivity contribution is 0.467. The SMILES string of the molecule is Oc1c(Br)cc2ccccc2c1-c1c(O)c(Br)cc2ccccc12. The number of phenols is 2. The zero-order chi connectivity index (χ0) is 16.8. The molecule has 4 heteroatoms. The van der Waals surface area contributed by atoms with Gasteiger partial charge in [-0.2, -0.15) is 0 Å². The summed E-state index contributed by atoms with van der Waals surface area (Å²) < 4.78 is 1.19. The zero-order valence-corrected chi connectivity index (χ0v) is 15.6. The molecule has 0 bridgehead atoms. The largest absolute Gasteiger partial charge is 0.506 e. The standard InChI is InChI=1S/C20H12Br2O2/c21-15-9-11-5-1-3-7-13(11)17(19(15)23)18-14-8-4-2-6-12(14)10-16(22)20(18)24/h1-10,23-24H. The minimum Gasteiger partial charge on any atom is -0.506 e. The van der Waals surface area contributed by atoms with Gasteiger partial charge in [0, 0.05) is 11.1 Å². The molecule has 0 spiro atoms. The van der Waals surface area contributed by atoms with E-state index < -0.39 is 0 Å². The predicted molar refractivity (Wildman–Crippen MR) is 106 cm³/mol. The van der Waals surface area contributed by atoms with Gasteiger partial charge in [0.2, 0.25) is 0 Å². The summed E-state index contributed by atoms with van der Waals surface area (Å²) >= 11 is 6.86. The second-order valence-electron chi connectivity index (χ2n) is 5.61. The molecule has 4 aromatic carbocycles. The van der Waals surface area contributed by atoms with Crippen molar-refractivity contribution < 1.29 is 10.2 Å². The van der Waals surface area contributed by atoms with E-state index in [1.165, 1.54) is 0 Å². The average Bonchev–Trinajstić information content (AvgIpc) is 2.58. The van der Waals surface area contributed by atoms with Crippen LogP contribution < -0.4 is 0 Å². The highest BCUT2D eigenvalue weighted by Gasteiger charge is 2.20. The molecule has 0 fully saturated rings. The lowest BCUT2D eigenvalue weighted by Crippen LogP contribution is -1.88. The van der Waals surface area contributed by atoms with Gasteiger partial charge in [0.15, 0.2) is 0 Å². The Morgan fingerprint density at radius 1 is 0.583 bits per heavy atom. The summed E-state index contributed by atoms with van der Waals surface area (Å²) in [6, 6.07) is 19.4. The molecule has 0 aromatic heterocycles. The van der Waals surface area contributed by atoms with Crippen LogP contribution in [0.2, 0.25) is 0 Å². The number of halogens is 2. The first-order valence-electron chi connectivity index (χ1n) is 7.38. The van der Waals surface area contributed by atoms with Gasteiger partial charge in [-0.05, 0) is 65.5 Å². The van der Waals surface area contributed by atoms with Crippen LogP contribution in [0.1, 0.15) is 0 Å². The van der Waals surface area contributed by atoms with Crippen molar-refractivity contribution in [1.82, 2.24) is 0 Å². The molecule has 2 nitrogen and oxygen atoms in total. The van der Waals surface area contributed by atoms with Crippen molar-refractivity contribution in [2.24, 2.45) is 0 Å². The Balaban J connectivity index is 2.26. The third kappa shape index (κ3) is 2.29. The molecule has 0 amide bonds. The van der Waals surface area contributed by atoms with Crippen LogP contribution in [-0.2, 0) is 0 Å². The van der Waals surface area contributed by atoms with Crippen molar-refractivity contribution in [3.8, 4) is 22.6 Å². The van der Waals surface area contributed by atoms with Crippen molar-refractivity contribution in [3.63, 3.8) is 0 Å². The second kappa shape index (κ2) is 5.80. The summed E-state index contributed by atoms with van der Waals surface area (Å²) in [5.74, 6) is 0.236. The Hall–Kier alpha value is -2.04. The second-order valence-corrected chi connectivity index (χ2v) is 7.31. The molecular formula is C20H12Br2O2. The van der Waals surface area contributed by atoms with Crippen molar-refractivity contribution in [1.29, 1.82) is 0 Å². The van der Waals surface area contributed by atoms with Crippen molar-refractivity contribution in [2.45, 2.75) is 0 Å². The van der Waals surface area contributed by atoms with Crippen molar-refractivity contribution in [3.05, 3.63) is 69.6 Å². The molecule has 24 heavy (non-hydrogen) atoms. The minimum absolute atomic E-state index is 0.118. The van der Waals surface area contributed by atoms with E-state index in [1.54, 1.807) is 0 Å². The van der Waals surface area contributed by atoms with Crippen LogP contribution >= 0.6 is 31.9 Å². The zero-order valence-electron chi connectivity index (χ0n) is 12.4. The maximum atomic E-state index is 10.8. The normalized spacial score (nSPS) is 11.2. The quantitative estimate of drug-likeness (QED) is 0.348. The summed E-state index contributed by atoms with van der Waals surface area (Å²) in [6.07, 6.45) is 0. The molecule has 0 radical (unpaired) electrons. The minimum atomic E-state index is 0.118. The molecule has 0 atom stereocenters. The Labute approximate surface area is 155 Å². The van der Waals surface area contributed by atoms with Gasteiger partial charge in [-0.25, -0.2) is 0 Å². The van der Waals surface area contributed by atoms with E-state index in [2.05, 4.69) is 31.9 Å². The fraction of sp³-hybridized carbons (Fsp3) is 0. The van der Waals surface area contributed by atoms with Crippen LogP contribution in [0.15, 0.2) is 69.6 Å². The molecule has 4 aromatic rings. The van der Waals surface area contributed by atoms with Crippen LogP contribution in [0.25, 0.3) is 32.7 Å². The fourth-order valence-electron chi connectivity index (χ4n) is 3.11. The number of fused-ring (bicyclic) bond motifs is 2. The molecule has 2 N–H and O–H groups in total. The number of hydrogen-bond acceptors (Lipinski definition) is 2. The maximum absolute atomic E-state index is 10.8. The number of rotatable bonds is 1. The van der Waals surface area contributed by atoms with E-state index in [0.29, 0.717) is 20.1 Å². The lowest BCUT2D eigenvalue weighted by Gasteiger charge is -2.16. The summed E-state index contributed by atoms with van der Waals surface area (Å²) in [5.41, 5.74) is 1.24. The van der Waals surface area contributed by atoms with E-state index in [4.69, 9.17) is 0 Å². The third-order valence-corrected chi connectivity index (χ3v) is 5.41. The van der Waals surface area contributed by atoms with Crippen molar-refractivity contribution in [2.75, 3.05) is 0 Å². The highest BCUT2D eigenvalue weighted by atomic mass is 79.9. The van der Waals surface area contributed by atoms with Gasteiger partial charge in [-0.1, -0.05) is 48.5 Å². The molecule has 0 saturated heterocycles. The van der Waals surface area contributed by atoms with E-state index in [9.17, 15) is 10.2 Å². The third-order valence-electron chi connectivity index (χ3n) is 4.20. The monoisotopic (exact) mass is 442 g/mol. The predicted octanol–water partition coefficient (Wildman–Crippen LogP) is 6.60. The van der Waals surface area contributed by atoms with Crippen LogP contribution in [-0.4, -0.2) is 10.2 Å². The maximum Gasteiger partial charge on any atom is 0.138 e. The van der Waals surface area contributed by atoms with Gasteiger partial charge < -0.3 is 10.2 Å². The summed E-state index contributed by atoms with van der Waals surface area (Å²) in [6.45, 7) is 0. The molecular weight excluding hydrogens is 432 g/mol. The molecule has 4 rings (SSSR count). The molecule has 0 heterocycles. The van der Waals surface area contributed by atoms with Crippen LogP contribution in [0, 0.1) is 0 Å². The Morgan fingerprint density at radius 2 is 0.958 bits per heavy atom. The van der Waals surface area contributed by atoms with E-state index in [0.717, 1.165) is 21.5 Å². The van der Waals surface area contributed by atoms with Gasteiger partial charge in [0.05, 0.1) is 8.95 Å². The van der Waals surface area contributed by atoms with E-state index >= 15 is 0 Å². The van der Waals surface area contributed by atoms with Crippen LogP contribution in [0.5, 0.6) is 11.5 Å². The first kappa shape index (κ1) is 15.5. The Morgan fingerprint density at radius 3 is 1.38 bits per heavy atom. The van der Waals surface area contributed by atoms with E-state index in [-0.39, 0.29) is 11.5 Å². The molecule has 0 unspecified atom stereocenters. The highest BCUT2D eigenvalue weighted by molar-refractivity contribution is 9.11. The number of benzene rings is 4. The average molecular weight is 444 g/mol. The van der Waals surface area contributed by atoms with Crippen molar-refractivity contribution >= 4 is 53.4 Å². The number of aromatic hydroxyl groups is 2. The number of hydrogen-bond donors (Lipinski definition) is 2. The summed E-state index contributed by atoms with van der Waals surface area (Å²) in [5, 5.41) is 25.2.